The number of amides is 2. The first-order chi connectivity index (χ1) is 14.5. The minimum atomic E-state index is -5.08. The Morgan fingerprint density at radius 2 is 1.90 bits per heavy atom. The van der Waals surface area contributed by atoms with Crippen molar-refractivity contribution in [3.63, 3.8) is 0 Å². The molecule has 2 saturated heterocycles. The van der Waals surface area contributed by atoms with Crippen molar-refractivity contribution < 1.29 is 41.8 Å². The number of ether oxygens (including phenoxy) is 1. The van der Waals surface area contributed by atoms with Gasteiger partial charge in [0.2, 0.25) is 11.9 Å². The van der Waals surface area contributed by atoms with Gasteiger partial charge in [0, 0.05) is 37.0 Å². The van der Waals surface area contributed by atoms with E-state index >= 15 is 0 Å². The lowest BCUT2D eigenvalue weighted by molar-refractivity contribution is -0.192. The number of carboxylic acid groups (broad SMARTS) is 1. The molecule has 8 nitrogen and oxygen atoms in total. The summed E-state index contributed by atoms with van der Waals surface area (Å²) in [5.74, 6) is -3.36. The fourth-order valence-electron chi connectivity index (χ4n) is 3.52. The SMILES string of the molecule is O=C(NC1CC1)C1C[C@@H]2CCN(C(=O)c3ccnc(F)c3)C[C@@H]2O1.O=C(O)C(F)(F)F. The molecule has 1 aliphatic carbocycles. The molecule has 3 fully saturated rings. The molecule has 2 amide bonds. The van der Waals surface area contributed by atoms with Gasteiger partial charge in [-0.2, -0.15) is 17.6 Å². The molecule has 31 heavy (non-hydrogen) atoms. The van der Waals surface area contributed by atoms with Crippen LogP contribution in [0.5, 0.6) is 0 Å². The molecule has 2 aliphatic heterocycles. The Bertz CT molecular complexity index is 846. The Labute approximate surface area is 174 Å². The van der Waals surface area contributed by atoms with Gasteiger partial charge in [0.15, 0.2) is 0 Å². The fraction of sp³-hybridized carbons (Fsp3) is 0.579. The number of hydrogen-bond acceptors (Lipinski definition) is 5. The van der Waals surface area contributed by atoms with E-state index in [2.05, 4.69) is 10.3 Å². The lowest BCUT2D eigenvalue weighted by atomic mass is 9.91. The monoisotopic (exact) mass is 447 g/mol. The number of likely N-dealkylation sites (tertiary alicyclic amines) is 1. The Hall–Kier alpha value is -2.76. The van der Waals surface area contributed by atoms with Crippen molar-refractivity contribution in [3.05, 3.63) is 29.8 Å². The van der Waals surface area contributed by atoms with E-state index in [1.165, 1.54) is 12.3 Å². The maximum atomic E-state index is 13.2. The quantitative estimate of drug-likeness (QED) is 0.540. The number of hydrogen-bond donors (Lipinski definition) is 2. The van der Waals surface area contributed by atoms with Gasteiger partial charge in [-0.25, -0.2) is 9.78 Å². The highest BCUT2D eigenvalue weighted by atomic mass is 19.4. The molecule has 1 unspecified atom stereocenters. The first-order valence-corrected chi connectivity index (χ1v) is 9.71. The van der Waals surface area contributed by atoms with E-state index in [1.54, 1.807) is 4.90 Å². The molecule has 12 heteroatoms. The Balaban J connectivity index is 0.000000339. The summed E-state index contributed by atoms with van der Waals surface area (Å²) in [5.41, 5.74) is 0.293. The highest BCUT2D eigenvalue weighted by Gasteiger charge is 2.43. The molecular weight excluding hydrogens is 426 g/mol. The van der Waals surface area contributed by atoms with Crippen molar-refractivity contribution in [2.24, 2.45) is 5.92 Å². The van der Waals surface area contributed by atoms with E-state index in [9.17, 15) is 27.2 Å². The van der Waals surface area contributed by atoms with Gasteiger partial charge in [0.1, 0.15) is 6.10 Å². The van der Waals surface area contributed by atoms with Crippen LogP contribution in [0.4, 0.5) is 17.6 Å². The summed E-state index contributed by atoms with van der Waals surface area (Å²) >= 11 is 0. The molecule has 4 rings (SSSR count). The number of rotatable bonds is 3. The Kier molecular flexibility index (Phi) is 6.77. The molecule has 1 aromatic rings. The number of pyridine rings is 1. The van der Waals surface area contributed by atoms with E-state index in [0.29, 0.717) is 30.6 Å². The zero-order valence-electron chi connectivity index (χ0n) is 16.3. The molecule has 0 bridgehead atoms. The topological polar surface area (TPSA) is 109 Å². The van der Waals surface area contributed by atoms with Crippen LogP contribution in [-0.4, -0.2) is 70.3 Å². The minimum absolute atomic E-state index is 0.0269. The summed E-state index contributed by atoms with van der Waals surface area (Å²) in [5, 5.41) is 10.1. The number of piperidine rings is 1. The third kappa shape index (κ3) is 6.12. The predicted molar refractivity (Wildman–Crippen MR) is 96.3 cm³/mol. The van der Waals surface area contributed by atoms with Crippen molar-refractivity contribution in [2.45, 2.75) is 50.1 Å². The second-order valence-electron chi connectivity index (χ2n) is 7.65. The van der Waals surface area contributed by atoms with Gasteiger partial charge in [0.05, 0.1) is 6.10 Å². The molecule has 170 valence electrons. The van der Waals surface area contributed by atoms with Crippen molar-refractivity contribution in [1.29, 1.82) is 0 Å². The first-order valence-electron chi connectivity index (χ1n) is 9.71. The van der Waals surface area contributed by atoms with Gasteiger partial charge >= 0.3 is 12.1 Å². The normalized spacial score (nSPS) is 25.2. The summed E-state index contributed by atoms with van der Waals surface area (Å²) in [7, 11) is 0. The highest BCUT2D eigenvalue weighted by Crippen LogP contribution is 2.34. The number of carbonyl (C=O) groups is 3. The van der Waals surface area contributed by atoms with Gasteiger partial charge in [-0.1, -0.05) is 0 Å². The number of aliphatic carboxylic acids is 1. The van der Waals surface area contributed by atoms with Crippen LogP contribution in [0.25, 0.3) is 0 Å². The van der Waals surface area contributed by atoms with Gasteiger partial charge in [-0.05, 0) is 37.7 Å². The summed E-state index contributed by atoms with van der Waals surface area (Å²) in [6.45, 7) is 1.05. The standard InChI is InChI=1S/C17H20FN3O3.C2HF3O2/c18-15-8-11(3-5-19-15)17(23)21-6-4-10-7-13(24-14(10)9-21)16(22)20-12-1-2-12;3-2(4,5)1(6)7/h3,5,8,10,12-14H,1-2,4,6-7,9H2,(H,20,22);(H,6,7)/t10-,13?,14-;/m0./s1. The molecule has 1 aromatic heterocycles. The second kappa shape index (κ2) is 9.16. The maximum absolute atomic E-state index is 13.2. The fourth-order valence-corrected chi connectivity index (χ4v) is 3.52. The lowest BCUT2D eigenvalue weighted by Crippen LogP contribution is -2.45. The number of carboxylic acids is 1. The Morgan fingerprint density at radius 3 is 2.48 bits per heavy atom. The maximum Gasteiger partial charge on any atom is 0.490 e. The molecule has 3 heterocycles. The van der Waals surface area contributed by atoms with Crippen LogP contribution < -0.4 is 5.32 Å². The van der Waals surface area contributed by atoms with Crippen LogP contribution in [-0.2, 0) is 14.3 Å². The molecule has 0 spiro atoms. The number of alkyl halides is 3. The number of aromatic nitrogens is 1. The third-order valence-corrected chi connectivity index (χ3v) is 5.27. The largest absolute Gasteiger partial charge is 0.490 e. The molecule has 2 N–H and O–H groups in total. The van der Waals surface area contributed by atoms with Gasteiger partial charge in [0.25, 0.3) is 5.91 Å². The molecule has 3 aliphatic rings. The molecule has 1 saturated carbocycles. The van der Waals surface area contributed by atoms with E-state index in [-0.39, 0.29) is 17.9 Å². The van der Waals surface area contributed by atoms with Crippen LogP contribution >= 0.6 is 0 Å². The molecule has 0 aromatic carbocycles. The van der Waals surface area contributed by atoms with Crippen molar-refractivity contribution in [2.75, 3.05) is 13.1 Å². The van der Waals surface area contributed by atoms with Crippen molar-refractivity contribution in [1.82, 2.24) is 15.2 Å². The molecule has 0 radical (unpaired) electrons. The summed E-state index contributed by atoms with van der Waals surface area (Å²) in [6.07, 6.45) is -0.698. The minimum Gasteiger partial charge on any atom is -0.475 e. The average Bonchev–Trinajstić information content (AvgIpc) is 3.41. The van der Waals surface area contributed by atoms with Crippen LogP contribution in [0.1, 0.15) is 36.0 Å². The first kappa shape index (κ1) is 22.9. The number of halogens is 4. The van der Waals surface area contributed by atoms with E-state index in [0.717, 1.165) is 31.7 Å². The van der Waals surface area contributed by atoms with Crippen LogP contribution in [0.15, 0.2) is 18.3 Å². The number of carbonyl (C=O) groups excluding carboxylic acids is 2. The zero-order chi connectivity index (χ0) is 22.8. The number of nitrogens with one attached hydrogen (secondary N) is 1. The number of fused-ring (bicyclic) bond motifs is 1. The smallest absolute Gasteiger partial charge is 0.475 e. The second-order valence-corrected chi connectivity index (χ2v) is 7.65. The van der Waals surface area contributed by atoms with Gasteiger partial charge in [-0.15, -0.1) is 0 Å². The summed E-state index contributed by atoms with van der Waals surface area (Å²) in [4.78, 5) is 38.7. The van der Waals surface area contributed by atoms with E-state index < -0.39 is 24.2 Å². The summed E-state index contributed by atoms with van der Waals surface area (Å²) in [6, 6.07) is 2.98. The van der Waals surface area contributed by atoms with Crippen molar-refractivity contribution in [3.8, 4) is 0 Å². The summed E-state index contributed by atoms with van der Waals surface area (Å²) < 4.78 is 50.8. The number of nitrogens with zero attached hydrogens (tertiary/aromatic N) is 2. The molecule has 3 atom stereocenters. The Morgan fingerprint density at radius 1 is 1.23 bits per heavy atom. The average molecular weight is 447 g/mol. The van der Waals surface area contributed by atoms with E-state index in [1.807, 2.05) is 0 Å². The van der Waals surface area contributed by atoms with Gasteiger partial charge < -0.3 is 20.1 Å². The van der Waals surface area contributed by atoms with Crippen molar-refractivity contribution >= 4 is 17.8 Å². The third-order valence-electron chi connectivity index (χ3n) is 5.27. The van der Waals surface area contributed by atoms with Gasteiger partial charge in [-0.3, -0.25) is 9.59 Å². The lowest BCUT2D eigenvalue weighted by Gasteiger charge is -2.34. The zero-order valence-corrected chi connectivity index (χ0v) is 16.3. The van der Waals surface area contributed by atoms with E-state index in [4.69, 9.17) is 14.6 Å². The molecular formula is C19H21F4N3O5. The van der Waals surface area contributed by atoms with Crippen LogP contribution in [0, 0.1) is 11.9 Å². The van der Waals surface area contributed by atoms with Crippen LogP contribution in [0.3, 0.4) is 0 Å². The van der Waals surface area contributed by atoms with Crippen LogP contribution in [0.2, 0.25) is 0 Å². The highest BCUT2D eigenvalue weighted by molar-refractivity contribution is 5.94. The predicted octanol–water partition coefficient (Wildman–Crippen LogP) is 1.75.